The van der Waals surface area contributed by atoms with Crippen LogP contribution in [0.4, 0.5) is 0 Å². The Bertz CT molecular complexity index is 736. The molecular formula is C15H13N3O2S. The largest absolute Gasteiger partial charge is 0.467 e. The van der Waals surface area contributed by atoms with Crippen LogP contribution in [0.25, 0.3) is 10.6 Å². The summed E-state index contributed by atoms with van der Waals surface area (Å²) in [5.74, 6) is 0.585. The van der Waals surface area contributed by atoms with Gasteiger partial charge < -0.3 is 9.73 Å². The van der Waals surface area contributed by atoms with Gasteiger partial charge in [-0.2, -0.15) is 0 Å². The summed E-state index contributed by atoms with van der Waals surface area (Å²) in [6.45, 7) is 2.21. The van der Waals surface area contributed by atoms with Crippen molar-refractivity contribution in [1.82, 2.24) is 15.3 Å². The third-order valence-electron chi connectivity index (χ3n) is 2.93. The molecule has 3 aromatic heterocycles. The summed E-state index contributed by atoms with van der Waals surface area (Å²) in [7, 11) is 0. The molecule has 0 aliphatic carbocycles. The second-order valence-electron chi connectivity index (χ2n) is 4.43. The van der Waals surface area contributed by atoms with Crippen molar-refractivity contribution < 1.29 is 9.21 Å². The molecule has 21 heavy (non-hydrogen) atoms. The summed E-state index contributed by atoms with van der Waals surface area (Å²) in [5, 5.41) is 3.65. The fourth-order valence-corrected chi connectivity index (χ4v) is 2.87. The number of aryl methyl sites for hydroxylation is 1. The Balaban J connectivity index is 1.76. The topological polar surface area (TPSA) is 68.0 Å². The lowest BCUT2D eigenvalue weighted by Crippen LogP contribution is -2.22. The van der Waals surface area contributed by atoms with Gasteiger partial charge >= 0.3 is 0 Å². The molecule has 3 rings (SSSR count). The maximum absolute atomic E-state index is 12.2. The average molecular weight is 299 g/mol. The molecule has 5 nitrogen and oxygen atoms in total. The molecular weight excluding hydrogens is 286 g/mol. The van der Waals surface area contributed by atoms with Gasteiger partial charge in [0.1, 0.15) is 15.6 Å². The lowest BCUT2D eigenvalue weighted by molar-refractivity contribution is 0.0951. The first-order valence-electron chi connectivity index (χ1n) is 6.42. The monoisotopic (exact) mass is 299 g/mol. The molecule has 6 heteroatoms. The summed E-state index contributed by atoms with van der Waals surface area (Å²) in [5.41, 5.74) is 1.69. The van der Waals surface area contributed by atoms with Crippen LogP contribution in [0.2, 0.25) is 0 Å². The molecule has 1 amide bonds. The van der Waals surface area contributed by atoms with E-state index in [-0.39, 0.29) is 5.91 Å². The van der Waals surface area contributed by atoms with Gasteiger partial charge in [-0.05, 0) is 31.2 Å². The number of rotatable bonds is 4. The van der Waals surface area contributed by atoms with Crippen LogP contribution in [-0.4, -0.2) is 15.9 Å². The molecule has 0 aromatic carbocycles. The van der Waals surface area contributed by atoms with Gasteiger partial charge in [0, 0.05) is 18.0 Å². The highest BCUT2D eigenvalue weighted by Crippen LogP contribution is 2.27. The van der Waals surface area contributed by atoms with Gasteiger partial charge in [0.15, 0.2) is 0 Å². The van der Waals surface area contributed by atoms with Gasteiger partial charge in [-0.3, -0.25) is 9.78 Å². The lowest BCUT2D eigenvalue weighted by Gasteiger charge is -2.01. The van der Waals surface area contributed by atoms with Crippen molar-refractivity contribution in [3.05, 3.63) is 59.3 Å². The number of pyridine rings is 1. The second-order valence-corrected chi connectivity index (χ2v) is 5.43. The van der Waals surface area contributed by atoms with Crippen LogP contribution in [0, 0.1) is 6.92 Å². The van der Waals surface area contributed by atoms with Gasteiger partial charge in [-0.15, -0.1) is 11.3 Å². The summed E-state index contributed by atoms with van der Waals surface area (Å²) >= 11 is 1.38. The number of amides is 1. The number of nitrogens with zero attached hydrogens (tertiary/aromatic N) is 2. The fourth-order valence-electron chi connectivity index (χ4n) is 1.89. The molecule has 0 fully saturated rings. The van der Waals surface area contributed by atoms with Crippen molar-refractivity contribution in [2.45, 2.75) is 13.5 Å². The van der Waals surface area contributed by atoms with E-state index < -0.39 is 0 Å². The lowest BCUT2D eigenvalue weighted by atomic mass is 10.3. The van der Waals surface area contributed by atoms with Crippen LogP contribution in [0.1, 0.15) is 21.1 Å². The van der Waals surface area contributed by atoms with Gasteiger partial charge in [-0.1, -0.05) is 0 Å². The van der Waals surface area contributed by atoms with Crippen LogP contribution < -0.4 is 5.32 Å². The minimum atomic E-state index is -0.137. The second kappa shape index (κ2) is 5.88. The first-order chi connectivity index (χ1) is 10.2. The molecule has 0 saturated carbocycles. The summed E-state index contributed by atoms with van der Waals surface area (Å²) in [6, 6.07) is 7.37. The molecule has 1 N–H and O–H groups in total. The highest BCUT2D eigenvalue weighted by atomic mass is 32.1. The number of hydrogen-bond donors (Lipinski definition) is 1. The van der Waals surface area contributed by atoms with E-state index in [9.17, 15) is 4.79 Å². The van der Waals surface area contributed by atoms with Crippen molar-refractivity contribution in [2.75, 3.05) is 0 Å². The van der Waals surface area contributed by atoms with E-state index in [1.165, 1.54) is 11.3 Å². The highest BCUT2D eigenvalue weighted by molar-refractivity contribution is 7.17. The standard InChI is InChI=1S/C15H13N3O2S/c1-10-13(14(19)17-9-12-3-2-8-20-12)21-15(18-10)11-4-6-16-7-5-11/h2-8H,9H2,1H3,(H,17,19). The summed E-state index contributed by atoms with van der Waals surface area (Å²) in [6.07, 6.45) is 5.01. The molecule has 0 radical (unpaired) electrons. The number of aromatic nitrogens is 2. The molecule has 0 unspecified atom stereocenters. The van der Waals surface area contributed by atoms with Gasteiger partial charge in [0.2, 0.25) is 0 Å². The Kier molecular flexibility index (Phi) is 3.79. The molecule has 0 bridgehead atoms. The SMILES string of the molecule is Cc1nc(-c2ccncc2)sc1C(=O)NCc1ccco1. The van der Waals surface area contributed by atoms with Gasteiger partial charge in [0.25, 0.3) is 5.91 Å². The third kappa shape index (κ3) is 3.00. The first-order valence-corrected chi connectivity index (χ1v) is 7.24. The zero-order chi connectivity index (χ0) is 14.7. The molecule has 3 heterocycles. The van der Waals surface area contributed by atoms with Crippen LogP contribution >= 0.6 is 11.3 Å². The molecule has 3 aromatic rings. The first kappa shape index (κ1) is 13.5. The number of nitrogens with one attached hydrogen (secondary N) is 1. The maximum Gasteiger partial charge on any atom is 0.263 e. The Morgan fingerprint density at radius 1 is 1.33 bits per heavy atom. The molecule has 0 saturated heterocycles. The zero-order valence-electron chi connectivity index (χ0n) is 11.4. The average Bonchev–Trinajstić information content (AvgIpc) is 3.15. The molecule has 106 valence electrons. The van der Waals surface area contributed by atoms with E-state index in [0.717, 1.165) is 22.0 Å². The fraction of sp³-hybridized carbons (Fsp3) is 0.133. The van der Waals surface area contributed by atoms with E-state index >= 15 is 0 Å². The maximum atomic E-state index is 12.2. The number of furan rings is 1. The Morgan fingerprint density at radius 3 is 2.86 bits per heavy atom. The smallest absolute Gasteiger partial charge is 0.263 e. The zero-order valence-corrected chi connectivity index (χ0v) is 12.2. The minimum Gasteiger partial charge on any atom is -0.467 e. The normalized spacial score (nSPS) is 10.5. The molecule has 0 aliphatic rings. The van der Waals surface area contributed by atoms with Crippen LogP contribution in [0.3, 0.4) is 0 Å². The number of hydrogen-bond acceptors (Lipinski definition) is 5. The summed E-state index contributed by atoms with van der Waals surface area (Å²) in [4.78, 5) is 21.3. The van der Waals surface area contributed by atoms with Crippen LogP contribution in [0.5, 0.6) is 0 Å². The Labute approximate surface area is 125 Å². The Hall–Kier alpha value is -2.47. The van der Waals surface area contributed by atoms with Gasteiger partial charge in [-0.25, -0.2) is 4.98 Å². The number of carbonyl (C=O) groups is 1. The Morgan fingerprint density at radius 2 is 2.14 bits per heavy atom. The van der Waals surface area contributed by atoms with E-state index in [2.05, 4.69) is 15.3 Å². The van der Waals surface area contributed by atoms with Gasteiger partial charge in [0.05, 0.1) is 18.5 Å². The van der Waals surface area contributed by atoms with E-state index in [1.807, 2.05) is 25.1 Å². The number of thiazole rings is 1. The molecule has 0 aliphatic heterocycles. The molecule has 0 atom stereocenters. The van der Waals surface area contributed by atoms with Crippen molar-refractivity contribution in [2.24, 2.45) is 0 Å². The van der Waals surface area contributed by atoms with Crippen molar-refractivity contribution in [3.8, 4) is 10.6 Å². The summed E-state index contributed by atoms with van der Waals surface area (Å²) < 4.78 is 5.19. The van der Waals surface area contributed by atoms with Crippen LogP contribution in [0.15, 0.2) is 47.3 Å². The predicted molar refractivity (Wildman–Crippen MR) is 80.0 cm³/mol. The van der Waals surface area contributed by atoms with Crippen molar-refractivity contribution in [3.63, 3.8) is 0 Å². The molecule has 0 spiro atoms. The van der Waals surface area contributed by atoms with E-state index in [0.29, 0.717) is 11.4 Å². The number of carbonyl (C=O) groups excluding carboxylic acids is 1. The van der Waals surface area contributed by atoms with Crippen molar-refractivity contribution in [1.29, 1.82) is 0 Å². The van der Waals surface area contributed by atoms with Crippen LogP contribution in [-0.2, 0) is 6.54 Å². The van der Waals surface area contributed by atoms with E-state index in [4.69, 9.17) is 4.42 Å². The minimum absolute atomic E-state index is 0.137. The third-order valence-corrected chi connectivity index (χ3v) is 4.14. The van der Waals surface area contributed by atoms with Crippen molar-refractivity contribution >= 4 is 17.2 Å². The quantitative estimate of drug-likeness (QED) is 0.804. The van der Waals surface area contributed by atoms with E-state index in [1.54, 1.807) is 24.7 Å². The predicted octanol–water partition coefficient (Wildman–Crippen LogP) is 3.04. The highest BCUT2D eigenvalue weighted by Gasteiger charge is 2.16.